The molecule has 168 valence electrons. The first-order chi connectivity index (χ1) is 15.8. The molecule has 4 rings (SSSR count). The third-order valence-electron chi connectivity index (χ3n) is 5.43. The average molecular weight is 481 g/mol. The minimum absolute atomic E-state index is 0.185. The van der Waals surface area contributed by atoms with E-state index in [-0.39, 0.29) is 17.7 Å². The van der Waals surface area contributed by atoms with Crippen molar-refractivity contribution in [3.05, 3.63) is 92.6 Å². The SMILES string of the molecule is COC(=O)c1ccccc1-n1c(C)cc(/C=C2/SC(=O)N(Cc3ccc(Cl)cc3)C2=O)c1C. The molecule has 1 aliphatic heterocycles. The predicted octanol–water partition coefficient (Wildman–Crippen LogP) is 5.77. The number of hydrogen-bond acceptors (Lipinski definition) is 5. The first-order valence-electron chi connectivity index (χ1n) is 10.2. The zero-order chi connectivity index (χ0) is 23.7. The third-order valence-corrected chi connectivity index (χ3v) is 6.59. The number of ether oxygens (including phenoxy) is 1. The van der Waals surface area contributed by atoms with Gasteiger partial charge in [0.15, 0.2) is 0 Å². The Morgan fingerprint density at radius 2 is 1.79 bits per heavy atom. The summed E-state index contributed by atoms with van der Waals surface area (Å²) in [5, 5.41) is 0.281. The highest BCUT2D eigenvalue weighted by atomic mass is 35.5. The molecule has 0 unspecified atom stereocenters. The van der Waals surface area contributed by atoms with Gasteiger partial charge in [0.25, 0.3) is 11.1 Å². The summed E-state index contributed by atoms with van der Waals surface area (Å²) in [4.78, 5) is 39.3. The van der Waals surface area contributed by atoms with Crippen LogP contribution in [0.5, 0.6) is 0 Å². The molecule has 0 spiro atoms. The fourth-order valence-corrected chi connectivity index (χ4v) is 4.76. The number of carbonyl (C=O) groups is 3. The minimum Gasteiger partial charge on any atom is -0.465 e. The Morgan fingerprint density at radius 3 is 2.48 bits per heavy atom. The van der Waals surface area contributed by atoms with Crippen molar-refractivity contribution in [2.75, 3.05) is 7.11 Å². The average Bonchev–Trinajstić information content (AvgIpc) is 3.23. The third kappa shape index (κ3) is 4.47. The summed E-state index contributed by atoms with van der Waals surface area (Å²) >= 11 is 6.84. The van der Waals surface area contributed by atoms with Crippen LogP contribution in [0.15, 0.2) is 59.5 Å². The Hall–Kier alpha value is -3.29. The Kier molecular flexibility index (Phi) is 6.44. The Morgan fingerprint density at radius 1 is 1.09 bits per heavy atom. The van der Waals surface area contributed by atoms with Crippen LogP contribution in [0.4, 0.5) is 4.79 Å². The number of thioether (sulfide) groups is 1. The monoisotopic (exact) mass is 480 g/mol. The fourth-order valence-electron chi connectivity index (χ4n) is 3.81. The molecule has 0 bridgehead atoms. The van der Waals surface area contributed by atoms with E-state index in [2.05, 4.69) is 0 Å². The van der Waals surface area contributed by atoms with Gasteiger partial charge in [-0.1, -0.05) is 35.9 Å². The van der Waals surface area contributed by atoms with E-state index in [1.54, 1.807) is 42.5 Å². The number of aromatic nitrogens is 1. The number of carbonyl (C=O) groups excluding carboxylic acids is 3. The largest absolute Gasteiger partial charge is 0.465 e. The molecule has 0 atom stereocenters. The van der Waals surface area contributed by atoms with Gasteiger partial charge in [-0.05, 0) is 73.1 Å². The Bertz CT molecular complexity index is 1290. The van der Waals surface area contributed by atoms with Crippen LogP contribution in [-0.4, -0.2) is 33.7 Å². The van der Waals surface area contributed by atoms with Gasteiger partial charge in [-0.15, -0.1) is 0 Å². The maximum absolute atomic E-state index is 13.0. The molecular weight excluding hydrogens is 460 g/mol. The number of nitrogens with zero attached hydrogens (tertiary/aromatic N) is 2. The van der Waals surface area contributed by atoms with Crippen LogP contribution < -0.4 is 0 Å². The van der Waals surface area contributed by atoms with Gasteiger partial charge >= 0.3 is 5.97 Å². The second-order valence-electron chi connectivity index (χ2n) is 7.56. The number of aryl methyl sites for hydroxylation is 1. The molecular formula is C25H21ClN2O4S. The summed E-state index contributed by atoms with van der Waals surface area (Å²) in [6.07, 6.45) is 1.73. The minimum atomic E-state index is -0.428. The molecule has 0 aliphatic carbocycles. The lowest BCUT2D eigenvalue weighted by Crippen LogP contribution is -2.27. The molecule has 1 saturated heterocycles. The molecule has 0 N–H and O–H groups in total. The smallest absolute Gasteiger partial charge is 0.339 e. The van der Waals surface area contributed by atoms with E-state index in [4.69, 9.17) is 16.3 Å². The van der Waals surface area contributed by atoms with E-state index in [0.29, 0.717) is 21.2 Å². The van der Waals surface area contributed by atoms with Crippen molar-refractivity contribution < 1.29 is 19.1 Å². The summed E-state index contributed by atoms with van der Waals surface area (Å²) < 4.78 is 6.86. The van der Waals surface area contributed by atoms with Crippen molar-refractivity contribution in [1.29, 1.82) is 0 Å². The molecule has 2 aromatic carbocycles. The van der Waals surface area contributed by atoms with Gasteiger partial charge in [-0.3, -0.25) is 14.5 Å². The molecule has 33 heavy (non-hydrogen) atoms. The zero-order valence-electron chi connectivity index (χ0n) is 18.3. The molecule has 1 aromatic heterocycles. The van der Waals surface area contributed by atoms with Crippen LogP contribution in [0.25, 0.3) is 11.8 Å². The van der Waals surface area contributed by atoms with E-state index in [0.717, 1.165) is 34.3 Å². The van der Waals surface area contributed by atoms with Gasteiger partial charge < -0.3 is 9.30 Å². The molecule has 6 nitrogen and oxygen atoms in total. The number of amides is 2. The first kappa shape index (κ1) is 22.9. The number of rotatable bonds is 5. The lowest BCUT2D eigenvalue weighted by molar-refractivity contribution is -0.123. The van der Waals surface area contributed by atoms with Crippen molar-refractivity contribution in [2.45, 2.75) is 20.4 Å². The maximum Gasteiger partial charge on any atom is 0.339 e. The molecule has 3 aromatic rings. The quantitative estimate of drug-likeness (QED) is 0.342. The number of benzene rings is 2. The number of imide groups is 1. The van der Waals surface area contributed by atoms with E-state index in [1.165, 1.54) is 12.0 Å². The predicted molar refractivity (Wildman–Crippen MR) is 130 cm³/mol. The lowest BCUT2D eigenvalue weighted by Gasteiger charge is -2.13. The van der Waals surface area contributed by atoms with Crippen molar-refractivity contribution >= 4 is 46.6 Å². The van der Waals surface area contributed by atoms with Gasteiger partial charge in [0.05, 0.1) is 29.8 Å². The van der Waals surface area contributed by atoms with Crippen molar-refractivity contribution in [2.24, 2.45) is 0 Å². The fraction of sp³-hybridized carbons (Fsp3) is 0.160. The molecule has 8 heteroatoms. The van der Waals surface area contributed by atoms with Crippen LogP contribution in [-0.2, 0) is 16.1 Å². The number of hydrogen-bond donors (Lipinski definition) is 0. The van der Waals surface area contributed by atoms with E-state index in [1.807, 2.05) is 36.6 Å². The standard InChI is InChI=1S/C25H21ClN2O4S/c1-15-12-18(16(2)28(15)21-7-5-4-6-20(21)24(30)32-3)13-22-23(29)27(25(31)33-22)14-17-8-10-19(26)11-9-17/h4-13H,14H2,1-3H3/b22-13+. The summed E-state index contributed by atoms with van der Waals surface area (Å²) in [6.45, 7) is 4.01. The van der Waals surface area contributed by atoms with Gasteiger partial charge in [-0.25, -0.2) is 4.79 Å². The van der Waals surface area contributed by atoms with Crippen LogP contribution in [0.2, 0.25) is 5.02 Å². The van der Waals surface area contributed by atoms with Gasteiger partial charge in [0.2, 0.25) is 0 Å². The van der Waals surface area contributed by atoms with Crippen LogP contribution >= 0.6 is 23.4 Å². The van der Waals surface area contributed by atoms with Gasteiger partial charge in [0, 0.05) is 16.4 Å². The number of halogens is 1. The van der Waals surface area contributed by atoms with Crippen molar-refractivity contribution in [3.8, 4) is 5.69 Å². The molecule has 1 fully saturated rings. The van der Waals surface area contributed by atoms with Gasteiger partial charge in [-0.2, -0.15) is 0 Å². The number of methoxy groups -OCH3 is 1. The van der Waals surface area contributed by atoms with Crippen LogP contribution in [0.1, 0.15) is 32.9 Å². The Balaban J connectivity index is 1.66. The first-order valence-corrected chi connectivity index (χ1v) is 11.4. The van der Waals surface area contributed by atoms with E-state index < -0.39 is 5.97 Å². The highest BCUT2D eigenvalue weighted by Gasteiger charge is 2.35. The molecule has 2 amide bonds. The topological polar surface area (TPSA) is 68.6 Å². The zero-order valence-corrected chi connectivity index (χ0v) is 19.9. The van der Waals surface area contributed by atoms with E-state index in [9.17, 15) is 14.4 Å². The maximum atomic E-state index is 13.0. The second-order valence-corrected chi connectivity index (χ2v) is 8.99. The summed E-state index contributed by atoms with van der Waals surface area (Å²) in [6, 6.07) is 16.2. The molecule has 0 radical (unpaired) electrons. The summed E-state index contributed by atoms with van der Waals surface area (Å²) in [7, 11) is 1.35. The van der Waals surface area contributed by atoms with Crippen LogP contribution in [0, 0.1) is 13.8 Å². The lowest BCUT2D eigenvalue weighted by atomic mass is 10.1. The number of para-hydroxylation sites is 1. The number of esters is 1. The highest BCUT2D eigenvalue weighted by Crippen LogP contribution is 2.35. The van der Waals surface area contributed by atoms with Crippen molar-refractivity contribution in [3.63, 3.8) is 0 Å². The molecule has 1 aliphatic rings. The Labute approximate surface area is 200 Å². The molecule has 2 heterocycles. The highest BCUT2D eigenvalue weighted by molar-refractivity contribution is 8.18. The molecule has 0 saturated carbocycles. The summed E-state index contributed by atoms with van der Waals surface area (Å²) in [5.74, 6) is -0.761. The van der Waals surface area contributed by atoms with E-state index >= 15 is 0 Å². The second kappa shape index (κ2) is 9.29. The van der Waals surface area contributed by atoms with Crippen molar-refractivity contribution in [1.82, 2.24) is 9.47 Å². The summed E-state index contributed by atoms with van der Waals surface area (Å²) in [5.41, 5.74) is 4.47. The van der Waals surface area contributed by atoms with Gasteiger partial charge in [0.1, 0.15) is 0 Å². The normalized spacial score (nSPS) is 14.9. The van der Waals surface area contributed by atoms with Crippen LogP contribution in [0.3, 0.4) is 0 Å².